The van der Waals surface area contributed by atoms with Gasteiger partial charge in [-0.2, -0.15) is 26.3 Å². The predicted octanol–water partition coefficient (Wildman–Crippen LogP) is 5.36. The van der Waals surface area contributed by atoms with Crippen LogP contribution in [0.4, 0.5) is 26.3 Å². The van der Waals surface area contributed by atoms with Gasteiger partial charge in [-0.15, -0.1) is 0 Å². The van der Waals surface area contributed by atoms with Gasteiger partial charge >= 0.3 is 12.4 Å². The highest BCUT2D eigenvalue weighted by Crippen LogP contribution is 2.36. The molecular weight excluding hydrogens is 514 g/mol. The van der Waals surface area contributed by atoms with Gasteiger partial charge in [0.15, 0.2) is 0 Å². The molecule has 0 radical (unpaired) electrons. The van der Waals surface area contributed by atoms with Gasteiger partial charge in [0, 0.05) is 38.3 Å². The first-order chi connectivity index (χ1) is 17.8. The summed E-state index contributed by atoms with van der Waals surface area (Å²) >= 11 is 0. The third-order valence-electron chi connectivity index (χ3n) is 6.77. The Morgan fingerprint density at radius 2 is 1.50 bits per heavy atom. The lowest BCUT2D eigenvalue weighted by Crippen LogP contribution is -2.50. The summed E-state index contributed by atoms with van der Waals surface area (Å²) in [6.45, 7) is 4.98. The normalized spacial score (nSPS) is 16.2. The topological polar surface area (TPSA) is 58.4 Å². The molecular formula is C26H26F6N4O2. The van der Waals surface area contributed by atoms with Crippen molar-refractivity contribution in [3.63, 3.8) is 0 Å². The molecule has 1 atom stereocenters. The molecule has 6 nitrogen and oxygen atoms in total. The van der Waals surface area contributed by atoms with Crippen LogP contribution < -0.4 is 5.56 Å². The molecule has 4 rings (SSSR count). The smallest absolute Gasteiger partial charge is 0.336 e. The third-order valence-corrected chi connectivity index (χ3v) is 6.77. The van der Waals surface area contributed by atoms with Crippen molar-refractivity contribution in [2.24, 2.45) is 0 Å². The lowest BCUT2D eigenvalue weighted by molar-refractivity contribution is -0.143. The number of aromatic nitrogens is 2. The maximum absolute atomic E-state index is 13.2. The monoisotopic (exact) mass is 540 g/mol. The number of benzene rings is 2. The molecule has 1 aliphatic heterocycles. The van der Waals surface area contributed by atoms with Crippen molar-refractivity contribution in [2.75, 3.05) is 26.2 Å². The van der Waals surface area contributed by atoms with E-state index >= 15 is 0 Å². The molecule has 0 spiro atoms. The SMILES string of the molecule is CCC(c1nc2ccccc2c(=O)n1CC)N1CCN(C(=O)c2cc(C(F)(F)F)cc(C(F)(F)F)c2)CC1. The van der Waals surface area contributed by atoms with E-state index in [1.165, 1.54) is 4.90 Å². The number of hydrogen-bond acceptors (Lipinski definition) is 4. The predicted molar refractivity (Wildman–Crippen MR) is 129 cm³/mol. The maximum atomic E-state index is 13.2. The fraction of sp³-hybridized carbons (Fsp3) is 0.423. The Labute approximate surface area is 214 Å². The minimum absolute atomic E-state index is 0.00435. The van der Waals surface area contributed by atoms with Gasteiger partial charge in [-0.05, 0) is 43.7 Å². The first kappa shape index (κ1) is 27.6. The molecule has 0 bridgehead atoms. The molecule has 0 N–H and O–H groups in total. The maximum Gasteiger partial charge on any atom is 0.416 e. The van der Waals surface area contributed by atoms with Crippen molar-refractivity contribution >= 4 is 16.8 Å². The van der Waals surface area contributed by atoms with Crippen LogP contribution in [-0.2, 0) is 18.9 Å². The Bertz CT molecular complexity index is 1360. The van der Waals surface area contributed by atoms with Crippen molar-refractivity contribution < 1.29 is 31.1 Å². The Balaban J connectivity index is 1.58. The van der Waals surface area contributed by atoms with Gasteiger partial charge in [0.05, 0.1) is 28.1 Å². The lowest BCUT2D eigenvalue weighted by Gasteiger charge is -2.39. The lowest BCUT2D eigenvalue weighted by atomic mass is 10.0. The average Bonchev–Trinajstić information content (AvgIpc) is 2.88. The van der Waals surface area contributed by atoms with Crippen molar-refractivity contribution in [3.05, 3.63) is 75.3 Å². The highest BCUT2D eigenvalue weighted by Gasteiger charge is 2.38. The number of piperazine rings is 1. The van der Waals surface area contributed by atoms with Crippen LogP contribution in [-0.4, -0.2) is 51.4 Å². The highest BCUT2D eigenvalue weighted by molar-refractivity contribution is 5.94. The molecule has 0 aliphatic carbocycles. The van der Waals surface area contributed by atoms with Gasteiger partial charge in [0.2, 0.25) is 0 Å². The Kier molecular flexibility index (Phi) is 7.55. The molecule has 1 aromatic heterocycles. The van der Waals surface area contributed by atoms with Crippen LogP contribution >= 0.6 is 0 Å². The number of amides is 1. The molecule has 2 heterocycles. The first-order valence-corrected chi connectivity index (χ1v) is 12.2. The number of halogens is 6. The molecule has 1 fully saturated rings. The first-order valence-electron chi connectivity index (χ1n) is 12.2. The van der Waals surface area contributed by atoms with Crippen molar-refractivity contribution in [2.45, 2.75) is 45.2 Å². The van der Waals surface area contributed by atoms with Gasteiger partial charge in [0.25, 0.3) is 11.5 Å². The second kappa shape index (κ2) is 10.4. The quantitative estimate of drug-likeness (QED) is 0.409. The van der Waals surface area contributed by atoms with Gasteiger partial charge in [0.1, 0.15) is 5.82 Å². The van der Waals surface area contributed by atoms with Crippen molar-refractivity contribution in [1.82, 2.24) is 19.4 Å². The van der Waals surface area contributed by atoms with E-state index in [-0.39, 0.29) is 30.8 Å². The van der Waals surface area contributed by atoms with Crippen LogP contribution in [0.25, 0.3) is 10.9 Å². The summed E-state index contributed by atoms with van der Waals surface area (Å²) < 4.78 is 81.1. The van der Waals surface area contributed by atoms with Crippen LogP contribution in [0, 0.1) is 0 Å². The molecule has 3 aromatic rings. The minimum atomic E-state index is -5.04. The van der Waals surface area contributed by atoms with Gasteiger partial charge < -0.3 is 4.90 Å². The summed E-state index contributed by atoms with van der Waals surface area (Å²) in [6.07, 6.45) is -9.47. The van der Waals surface area contributed by atoms with Crippen LogP contribution in [0.3, 0.4) is 0 Å². The number of carbonyl (C=O) groups is 1. The zero-order valence-corrected chi connectivity index (χ0v) is 20.7. The Morgan fingerprint density at radius 1 is 0.921 bits per heavy atom. The number of alkyl halides is 6. The van der Waals surface area contributed by atoms with Crippen LogP contribution in [0.15, 0.2) is 47.3 Å². The Hall–Kier alpha value is -3.41. The van der Waals surface area contributed by atoms with E-state index in [2.05, 4.69) is 0 Å². The molecule has 1 saturated heterocycles. The van der Waals surface area contributed by atoms with Crippen LogP contribution in [0.5, 0.6) is 0 Å². The Morgan fingerprint density at radius 3 is 2.03 bits per heavy atom. The summed E-state index contributed by atoms with van der Waals surface area (Å²) in [4.78, 5) is 34.1. The average molecular weight is 541 g/mol. The standard InChI is InChI=1S/C26H26F6N4O2/c1-3-21(22-33-20-8-6-5-7-19(20)24(38)36(22)4-2)34-9-11-35(12-10-34)23(37)16-13-17(25(27,28)29)15-18(14-16)26(30,31)32/h5-8,13-15,21H,3-4,9-12H2,1-2H3. The molecule has 38 heavy (non-hydrogen) atoms. The number of rotatable bonds is 5. The summed E-state index contributed by atoms with van der Waals surface area (Å²) in [5.74, 6) is -0.324. The number of hydrogen-bond donors (Lipinski definition) is 0. The largest absolute Gasteiger partial charge is 0.416 e. The van der Waals surface area contributed by atoms with Gasteiger partial charge in [-0.3, -0.25) is 19.1 Å². The summed E-state index contributed by atoms with van der Waals surface area (Å²) in [7, 11) is 0. The summed E-state index contributed by atoms with van der Waals surface area (Å²) in [5, 5.41) is 0.502. The zero-order chi connectivity index (χ0) is 27.8. The van der Waals surface area contributed by atoms with E-state index in [4.69, 9.17) is 4.98 Å². The molecule has 0 saturated carbocycles. The molecule has 1 unspecified atom stereocenters. The third kappa shape index (κ3) is 5.40. The van der Waals surface area contributed by atoms with E-state index in [1.54, 1.807) is 28.8 Å². The second-order valence-electron chi connectivity index (χ2n) is 9.08. The minimum Gasteiger partial charge on any atom is -0.336 e. The molecule has 1 aliphatic rings. The second-order valence-corrected chi connectivity index (χ2v) is 9.08. The number of fused-ring (bicyclic) bond motifs is 1. The van der Waals surface area contributed by atoms with E-state index in [0.29, 0.717) is 54.9 Å². The molecule has 204 valence electrons. The van der Waals surface area contributed by atoms with Crippen LogP contribution in [0.1, 0.15) is 53.6 Å². The summed E-state index contributed by atoms with van der Waals surface area (Å²) in [6, 6.07) is 7.67. The fourth-order valence-electron chi connectivity index (χ4n) is 4.85. The van der Waals surface area contributed by atoms with Gasteiger partial charge in [-0.25, -0.2) is 4.98 Å². The molecule has 1 amide bonds. The van der Waals surface area contributed by atoms with Crippen molar-refractivity contribution in [3.8, 4) is 0 Å². The van der Waals surface area contributed by atoms with Crippen LogP contribution in [0.2, 0.25) is 0 Å². The van der Waals surface area contributed by atoms with E-state index < -0.39 is 35.0 Å². The van der Waals surface area contributed by atoms with E-state index in [0.717, 1.165) is 0 Å². The number of carbonyl (C=O) groups excluding carboxylic acids is 1. The highest BCUT2D eigenvalue weighted by atomic mass is 19.4. The number of para-hydroxylation sites is 1. The molecule has 12 heteroatoms. The summed E-state index contributed by atoms with van der Waals surface area (Å²) in [5.41, 5.74) is -3.32. The van der Waals surface area contributed by atoms with Crippen molar-refractivity contribution in [1.29, 1.82) is 0 Å². The fourth-order valence-corrected chi connectivity index (χ4v) is 4.85. The molecule has 2 aromatic carbocycles. The van der Waals surface area contributed by atoms with E-state index in [1.807, 2.05) is 18.7 Å². The zero-order valence-electron chi connectivity index (χ0n) is 20.7. The van der Waals surface area contributed by atoms with Gasteiger partial charge in [-0.1, -0.05) is 19.1 Å². The van der Waals surface area contributed by atoms with E-state index in [9.17, 15) is 35.9 Å². The number of nitrogens with zero attached hydrogens (tertiary/aromatic N) is 4.